The SMILES string of the molecule is CC(C)C#CCN1CCC2(CCC(OCCC(C)C)CC2)CC1. The van der Waals surface area contributed by atoms with E-state index in [1.165, 1.54) is 58.0 Å². The van der Waals surface area contributed by atoms with E-state index in [0.717, 1.165) is 19.1 Å². The minimum atomic E-state index is 0.497. The molecule has 132 valence electrons. The molecule has 1 spiro atoms. The van der Waals surface area contributed by atoms with Crippen LogP contribution in [0.5, 0.6) is 0 Å². The predicted octanol–water partition coefficient (Wildman–Crippen LogP) is 4.73. The molecule has 1 aliphatic heterocycles. The summed E-state index contributed by atoms with van der Waals surface area (Å²) in [6, 6.07) is 0. The highest BCUT2D eigenvalue weighted by Gasteiger charge is 2.38. The van der Waals surface area contributed by atoms with Gasteiger partial charge in [-0.15, -0.1) is 0 Å². The summed E-state index contributed by atoms with van der Waals surface area (Å²) in [7, 11) is 0. The van der Waals surface area contributed by atoms with E-state index in [-0.39, 0.29) is 0 Å². The van der Waals surface area contributed by atoms with Crippen molar-refractivity contribution in [3.05, 3.63) is 0 Å². The van der Waals surface area contributed by atoms with Gasteiger partial charge in [0.1, 0.15) is 0 Å². The molecule has 0 aromatic heterocycles. The summed E-state index contributed by atoms with van der Waals surface area (Å²) >= 11 is 0. The maximum atomic E-state index is 6.10. The lowest BCUT2D eigenvalue weighted by molar-refractivity contribution is -0.0248. The van der Waals surface area contributed by atoms with Crippen LogP contribution in [0.15, 0.2) is 0 Å². The van der Waals surface area contributed by atoms with E-state index < -0.39 is 0 Å². The number of likely N-dealkylation sites (tertiary alicyclic amines) is 1. The maximum Gasteiger partial charge on any atom is 0.0601 e. The summed E-state index contributed by atoms with van der Waals surface area (Å²) in [6.45, 7) is 13.3. The summed E-state index contributed by atoms with van der Waals surface area (Å²) < 4.78 is 6.10. The average molecular weight is 320 g/mol. The molecular formula is C21H37NO. The zero-order valence-corrected chi connectivity index (χ0v) is 15.9. The first kappa shape index (κ1) is 18.8. The summed E-state index contributed by atoms with van der Waals surface area (Å²) in [4.78, 5) is 2.55. The molecule has 1 saturated carbocycles. The molecule has 2 rings (SSSR count). The largest absolute Gasteiger partial charge is 0.378 e. The molecule has 0 radical (unpaired) electrons. The van der Waals surface area contributed by atoms with Gasteiger partial charge >= 0.3 is 0 Å². The van der Waals surface area contributed by atoms with Crippen LogP contribution in [-0.2, 0) is 4.74 Å². The smallest absolute Gasteiger partial charge is 0.0601 e. The number of ether oxygens (including phenoxy) is 1. The van der Waals surface area contributed by atoms with E-state index >= 15 is 0 Å². The Hall–Kier alpha value is -0.520. The molecule has 0 amide bonds. The van der Waals surface area contributed by atoms with E-state index in [0.29, 0.717) is 17.4 Å². The van der Waals surface area contributed by atoms with Crippen molar-refractivity contribution in [3.8, 4) is 11.8 Å². The molecule has 0 unspecified atom stereocenters. The fourth-order valence-electron chi connectivity index (χ4n) is 3.89. The second-order valence-electron chi connectivity index (χ2n) is 8.50. The molecule has 0 N–H and O–H groups in total. The van der Waals surface area contributed by atoms with Crippen molar-refractivity contribution in [2.75, 3.05) is 26.2 Å². The van der Waals surface area contributed by atoms with Gasteiger partial charge in [0.25, 0.3) is 0 Å². The highest BCUT2D eigenvalue weighted by molar-refractivity contribution is 5.04. The van der Waals surface area contributed by atoms with E-state index in [9.17, 15) is 0 Å². The van der Waals surface area contributed by atoms with E-state index in [2.05, 4.69) is 44.4 Å². The third-order valence-electron chi connectivity index (χ3n) is 5.65. The van der Waals surface area contributed by atoms with Crippen molar-refractivity contribution in [1.29, 1.82) is 0 Å². The van der Waals surface area contributed by atoms with Crippen LogP contribution in [0.2, 0.25) is 0 Å². The fraction of sp³-hybridized carbons (Fsp3) is 0.905. The maximum absolute atomic E-state index is 6.10. The molecule has 23 heavy (non-hydrogen) atoms. The fourth-order valence-corrected chi connectivity index (χ4v) is 3.89. The molecule has 1 aliphatic carbocycles. The molecule has 1 saturated heterocycles. The van der Waals surface area contributed by atoms with Crippen molar-refractivity contribution in [1.82, 2.24) is 4.90 Å². The lowest BCUT2D eigenvalue weighted by Crippen LogP contribution is -2.43. The third kappa shape index (κ3) is 6.48. The Bertz CT molecular complexity index is 386. The Balaban J connectivity index is 1.66. The number of nitrogens with zero attached hydrogens (tertiary/aromatic N) is 1. The molecule has 0 aromatic carbocycles. The van der Waals surface area contributed by atoms with Gasteiger partial charge in [-0.05, 0) is 69.4 Å². The minimum Gasteiger partial charge on any atom is -0.378 e. The average Bonchev–Trinajstić information content (AvgIpc) is 2.51. The van der Waals surface area contributed by atoms with Gasteiger partial charge in [-0.1, -0.05) is 39.5 Å². The predicted molar refractivity (Wildman–Crippen MR) is 98.4 cm³/mol. The first-order chi connectivity index (χ1) is 11.0. The van der Waals surface area contributed by atoms with Gasteiger partial charge in [-0.25, -0.2) is 0 Å². The quantitative estimate of drug-likeness (QED) is 0.679. The Morgan fingerprint density at radius 1 is 1.04 bits per heavy atom. The Morgan fingerprint density at radius 3 is 2.26 bits per heavy atom. The minimum absolute atomic E-state index is 0.497. The monoisotopic (exact) mass is 319 g/mol. The summed E-state index contributed by atoms with van der Waals surface area (Å²) in [5.41, 5.74) is 0.625. The van der Waals surface area contributed by atoms with E-state index in [1.807, 2.05) is 0 Å². The van der Waals surface area contributed by atoms with Crippen molar-refractivity contribution in [3.63, 3.8) is 0 Å². The summed E-state index contributed by atoms with van der Waals surface area (Å²) in [5.74, 6) is 7.88. The van der Waals surface area contributed by atoms with E-state index in [4.69, 9.17) is 4.74 Å². The van der Waals surface area contributed by atoms with Crippen LogP contribution in [0.1, 0.15) is 72.6 Å². The lowest BCUT2D eigenvalue weighted by Gasteiger charge is -2.45. The summed E-state index contributed by atoms with van der Waals surface area (Å²) in [6.07, 6.45) is 9.80. The highest BCUT2D eigenvalue weighted by atomic mass is 16.5. The van der Waals surface area contributed by atoms with Crippen molar-refractivity contribution < 1.29 is 4.74 Å². The zero-order valence-electron chi connectivity index (χ0n) is 15.9. The highest BCUT2D eigenvalue weighted by Crippen LogP contribution is 2.45. The first-order valence-corrected chi connectivity index (χ1v) is 9.81. The van der Waals surface area contributed by atoms with Crippen molar-refractivity contribution in [2.45, 2.75) is 78.7 Å². The Kier molecular flexibility index (Phi) is 7.44. The van der Waals surface area contributed by atoms with Gasteiger partial charge in [0.05, 0.1) is 12.6 Å². The normalized spacial score (nSPS) is 22.5. The standard InChI is InChI=1S/C21H37NO/c1-18(2)6-5-14-22-15-12-21(13-16-22)10-7-20(8-11-21)23-17-9-19(3)4/h18-20H,7-17H2,1-4H3. The van der Waals surface area contributed by atoms with Crippen LogP contribution in [0.25, 0.3) is 0 Å². The molecule has 2 heteroatoms. The van der Waals surface area contributed by atoms with Crippen LogP contribution in [0.3, 0.4) is 0 Å². The van der Waals surface area contributed by atoms with Gasteiger partial charge in [-0.2, -0.15) is 0 Å². The zero-order chi connectivity index (χ0) is 16.7. The van der Waals surface area contributed by atoms with Gasteiger partial charge in [-0.3, -0.25) is 4.90 Å². The first-order valence-electron chi connectivity index (χ1n) is 9.81. The molecule has 2 nitrogen and oxygen atoms in total. The van der Waals surface area contributed by atoms with Gasteiger partial charge < -0.3 is 4.74 Å². The molecule has 0 atom stereocenters. The van der Waals surface area contributed by atoms with Gasteiger partial charge in [0.2, 0.25) is 0 Å². The number of hydrogen-bond acceptors (Lipinski definition) is 2. The van der Waals surface area contributed by atoms with Gasteiger partial charge in [0, 0.05) is 12.5 Å². The molecular weight excluding hydrogens is 282 g/mol. The second kappa shape index (κ2) is 9.09. The Labute approximate surface area is 144 Å². The van der Waals surface area contributed by atoms with E-state index in [1.54, 1.807) is 0 Å². The topological polar surface area (TPSA) is 12.5 Å². The van der Waals surface area contributed by atoms with Crippen LogP contribution in [0, 0.1) is 29.1 Å². The molecule has 2 fully saturated rings. The van der Waals surface area contributed by atoms with Crippen LogP contribution in [0.4, 0.5) is 0 Å². The van der Waals surface area contributed by atoms with Crippen LogP contribution < -0.4 is 0 Å². The van der Waals surface area contributed by atoms with Crippen LogP contribution >= 0.6 is 0 Å². The number of piperidine rings is 1. The van der Waals surface area contributed by atoms with Crippen molar-refractivity contribution in [2.24, 2.45) is 17.3 Å². The molecule has 0 bridgehead atoms. The third-order valence-corrected chi connectivity index (χ3v) is 5.65. The van der Waals surface area contributed by atoms with Crippen LogP contribution in [-0.4, -0.2) is 37.2 Å². The molecule has 1 heterocycles. The van der Waals surface area contributed by atoms with Gasteiger partial charge in [0.15, 0.2) is 0 Å². The van der Waals surface area contributed by atoms with Crippen molar-refractivity contribution >= 4 is 0 Å². The number of hydrogen-bond donors (Lipinski definition) is 0. The Morgan fingerprint density at radius 2 is 1.70 bits per heavy atom. The molecule has 0 aromatic rings. The summed E-state index contributed by atoms with van der Waals surface area (Å²) in [5, 5.41) is 0. The second-order valence-corrected chi connectivity index (χ2v) is 8.50. The lowest BCUT2D eigenvalue weighted by atomic mass is 9.67. The number of rotatable bonds is 5. The molecule has 2 aliphatic rings.